The summed E-state index contributed by atoms with van der Waals surface area (Å²) in [6, 6.07) is 8.93. The van der Waals surface area contributed by atoms with E-state index in [2.05, 4.69) is 5.32 Å². The Morgan fingerprint density at radius 2 is 1.86 bits per heavy atom. The smallest absolute Gasteiger partial charge is 0.370 e. The van der Waals surface area contributed by atoms with Crippen LogP contribution < -0.4 is 10.2 Å². The standard InChI is InChI=1S/C25H28F3N5O2/c1-30-23(34)20-15-33(18-6-5-17(13-29)21(12-18)25(26,27)28)14-19(20)16-7-10-32(11-8-16)24(35)22-4-3-9-31(22)2/h3-6,9,12,16,19-20H,7-8,10-11,14-15H2,1-2H3,(H,30,34)/t19-,20+/m0/s1. The van der Waals surface area contributed by atoms with Crippen LogP contribution in [-0.4, -0.2) is 54.5 Å². The van der Waals surface area contributed by atoms with Gasteiger partial charge in [-0.3, -0.25) is 9.59 Å². The Kier molecular flexibility index (Phi) is 6.79. The van der Waals surface area contributed by atoms with E-state index in [1.807, 2.05) is 29.1 Å². The molecule has 1 N–H and O–H groups in total. The molecule has 35 heavy (non-hydrogen) atoms. The van der Waals surface area contributed by atoms with Crippen LogP contribution >= 0.6 is 0 Å². The predicted molar refractivity (Wildman–Crippen MR) is 123 cm³/mol. The molecular formula is C25H28F3N5O2. The maximum atomic E-state index is 13.5. The number of anilines is 1. The Morgan fingerprint density at radius 1 is 1.14 bits per heavy atom. The monoisotopic (exact) mass is 487 g/mol. The fraction of sp³-hybridized carbons (Fsp3) is 0.480. The normalized spacial score (nSPS) is 21.1. The van der Waals surface area contributed by atoms with Crippen LogP contribution in [-0.2, 0) is 18.0 Å². The van der Waals surface area contributed by atoms with Crippen LogP contribution in [0.5, 0.6) is 0 Å². The lowest BCUT2D eigenvalue weighted by atomic mass is 9.78. The fourth-order valence-corrected chi connectivity index (χ4v) is 5.42. The van der Waals surface area contributed by atoms with Crippen molar-refractivity contribution < 1.29 is 22.8 Å². The van der Waals surface area contributed by atoms with E-state index in [-0.39, 0.29) is 29.6 Å². The summed E-state index contributed by atoms with van der Waals surface area (Å²) >= 11 is 0. The highest BCUT2D eigenvalue weighted by Gasteiger charge is 2.43. The molecule has 0 saturated carbocycles. The molecule has 10 heteroatoms. The highest BCUT2D eigenvalue weighted by Crippen LogP contribution is 2.40. The summed E-state index contributed by atoms with van der Waals surface area (Å²) in [5.41, 5.74) is -0.413. The lowest BCUT2D eigenvalue weighted by Crippen LogP contribution is -2.43. The van der Waals surface area contributed by atoms with Crippen LogP contribution in [0.25, 0.3) is 0 Å². The topological polar surface area (TPSA) is 81.4 Å². The third kappa shape index (κ3) is 4.85. The molecule has 2 fully saturated rings. The average molecular weight is 488 g/mol. The number of likely N-dealkylation sites (tertiary alicyclic amines) is 1. The van der Waals surface area contributed by atoms with Crippen LogP contribution in [0.1, 0.15) is 34.5 Å². The first-order valence-electron chi connectivity index (χ1n) is 11.6. The molecule has 0 spiro atoms. The van der Waals surface area contributed by atoms with Crippen molar-refractivity contribution in [2.24, 2.45) is 24.8 Å². The number of hydrogen-bond acceptors (Lipinski definition) is 4. The number of carbonyl (C=O) groups excluding carboxylic acids is 2. The summed E-state index contributed by atoms with van der Waals surface area (Å²) in [7, 11) is 3.39. The molecule has 1 aromatic heterocycles. The molecule has 0 radical (unpaired) electrons. The van der Waals surface area contributed by atoms with E-state index in [0.29, 0.717) is 37.6 Å². The maximum absolute atomic E-state index is 13.5. The summed E-state index contributed by atoms with van der Waals surface area (Å²) in [5, 5.41) is 11.8. The molecule has 7 nitrogen and oxygen atoms in total. The second-order valence-electron chi connectivity index (χ2n) is 9.26. The number of amides is 2. The van der Waals surface area contributed by atoms with Crippen molar-refractivity contribution in [3.8, 4) is 6.07 Å². The number of aryl methyl sites for hydroxylation is 1. The number of hydrogen-bond donors (Lipinski definition) is 1. The lowest BCUT2D eigenvalue weighted by molar-refractivity contribution is -0.137. The van der Waals surface area contributed by atoms with Crippen LogP contribution in [0.3, 0.4) is 0 Å². The molecular weight excluding hydrogens is 459 g/mol. The fourth-order valence-electron chi connectivity index (χ4n) is 5.42. The molecule has 2 aliphatic heterocycles. The van der Waals surface area contributed by atoms with Gasteiger partial charge in [0.15, 0.2) is 0 Å². The third-order valence-electron chi connectivity index (χ3n) is 7.34. The Morgan fingerprint density at radius 3 is 2.43 bits per heavy atom. The van der Waals surface area contributed by atoms with E-state index in [4.69, 9.17) is 5.26 Å². The van der Waals surface area contributed by atoms with Gasteiger partial charge in [0.2, 0.25) is 5.91 Å². The Labute approximate surface area is 202 Å². The quantitative estimate of drug-likeness (QED) is 0.718. The van der Waals surface area contributed by atoms with Gasteiger partial charge in [-0.15, -0.1) is 0 Å². The van der Waals surface area contributed by atoms with Gasteiger partial charge in [-0.05, 0) is 55.0 Å². The van der Waals surface area contributed by atoms with E-state index in [9.17, 15) is 22.8 Å². The summed E-state index contributed by atoms with van der Waals surface area (Å²) in [4.78, 5) is 29.2. The van der Waals surface area contributed by atoms with E-state index >= 15 is 0 Å². The Hall–Kier alpha value is -3.48. The van der Waals surface area contributed by atoms with Crippen LogP contribution in [0, 0.1) is 29.1 Å². The molecule has 186 valence electrons. The SMILES string of the molecule is CNC(=O)[C@@H]1CN(c2ccc(C#N)c(C(F)(F)F)c2)C[C@H]1C1CCN(C(=O)c2cccn2C)CC1. The van der Waals surface area contributed by atoms with Gasteiger partial charge in [0, 0.05) is 52.2 Å². The van der Waals surface area contributed by atoms with Crippen molar-refractivity contribution in [1.29, 1.82) is 5.26 Å². The molecule has 0 unspecified atom stereocenters. The van der Waals surface area contributed by atoms with Crippen molar-refractivity contribution in [2.75, 3.05) is 38.1 Å². The van der Waals surface area contributed by atoms with Gasteiger partial charge in [0.1, 0.15) is 5.69 Å². The summed E-state index contributed by atoms with van der Waals surface area (Å²) in [6.07, 6.45) is -1.36. The zero-order valence-electron chi connectivity index (χ0n) is 19.7. The van der Waals surface area contributed by atoms with Crippen molar-refractivity contribution in [3.63, 3.8) is 0 Å². The highest BCUT2D eigenvalue weighted by atomic mass is 19.4. The van der Waals surface area contributed by atoms with Gasteiger partial charge in [-0.25, -0.2) is 0 Å². The van der Waals surface area contributed by atoms with Gasteiger partial charge < -0.3 is 19.7 Å². The Balaban J connectivity index is 1.51. The van der Waals surface area contributed by atoms with Crippen LogP contribution in [0.4, 0.5) is 18.9 Å². The van der Waals surface area contributed by atoms with Crippen LogP contribution in [0.15, 0.2) is 36.5 Å². The van der Waals surface area contributed by atoms with E-state index in [1.165, 1.54) is 12.1 Å². The molecule has 4 rings (SSSR count). The van der Waals surface area contributed by atoms with E-state index < -0.39 is 17.3 Å². The average Bonchev–Trinajstić information content (AvgIpc) is 3.49. The number of nitrogens with one attached hydrogen (secondary N) is 1. The Bertz CT molecular complexity index is 1140. The van der Waals surface area contributed by atoms with Gasteiger partial charge >= 0.3 is 6.18 Å². The third-order valence-corrected chi connectivity index (χ3v) is 7.34. The number of nitriles is 1. The summed E-state index contributed by atoms with van der Waals surface area (Å²) in [6.45, 7) is 1.88. The van der Waals surface area contributed by atoms with Crippen molar-refractivity contribution in [2.45, 2.75) is 19.0 Å². The van der Waals surface area contributed by atoms with Gasteiger partial charge in [-0.2, -0.15) is 18.4 Å². The summed E-state index contributed by atoms with van der Waals surface area (Å²) in [5.74, 6) is -0.411. The predicted octanol–water partition coefficient (Wildman–Crippen LogP) is 3.27. The molecule has 1 aromatic carbocycles. The zero-order valence-corrected chi connectivity index (χ0v) is 19.7. The zero-order chi connectivity index (χ0) is 25.3. The van der Waals surface area contributed by atoms with Gasteiger partial charge in [0.25, 0.3) is 5.91 Å². The minimum atomic E-state index is -4.64. The number of nitrogens with zero attached hydrogens (tertiary/aromatic N) is 4. The first-order chi connectivity index (χ1) is 16.6. The van der Waals surface area contributed by atoms with Gasteiger partial charge in [0.05, 0.1) is 23.1 Å². The number of carbonyl (C=O) groups is 2. The number of halogens is 3. The molecule has 0 bridgehead atoms. The number of piperidine rings is 1. The molecule has 2 aromatic rings. The van der Waals surface area contributed by atoms with Crippen molar-refractivity contribution in [3.05, 3.63) is 53.3 Å². The van der Waals surface area contributed by atoms with Crippen molar-refractivity contribution >= 4 is 17.5 Å². The second kappa shape index (κ2) is 9.64. The molecule has 2 atom stereocenters. The van der Waals surface area contributed by atoms with Gasteiger partial charge in [-0.1, -0.05) is 0 Å². The number of alkyl halides is 3. The number of benzene rings is 1. The maximum Gasteiger partial charge on any atom is 0.417 e. The molecule has 2 saturated heterocycles. The minimum Gasteiger partial charge on any atom is -0.370 e. The number of rotatable bonds is 4. The van der Waals surface area contributed by atoms with Crippen molar-refractivity contribution in [1.82, 2.24) is 14.8 Å². The minimum absolute atomic E-state index is 0.0240. The first kappa shape index (κ1) is 24.6. The highest BCUT2D eigenvalue weighted by molar-refractivity contribution is 5.92. The summed E-state index contributed by atoms with van der Waals surface area (Å²) < 4.78 is 42.3. The largest absolute Gasteiger partial charge is 0.417 e. The van der Waals surface area contributed by atoms with E-state index in [1.54, 1.807) is 23.8 Å². The van der Waals surface area contributed by atoms with E-state index in [0.717, 1.165) is 18.9 Å². The first-order valence-corrected chi connectivity index (χ1v) is 11.6. The second-order valence-corrected chi connectivity index (χ2v) is 9.26. The molecule has 2 amide bonds. The molecule has 2 aliphatic rings. The molecule has 0 aliphatic carbocycles. The van der Waals surface area contributed by atoms with Crippen LogP contribution in [0.2, 0.25) is 0 Å². The lowest BCUT2D eigenvalue weighted by Gasteiger charge is -2.36. The molecule has 3 heterocycles. The number of aromatic nitrogens is 1.